The maximum absolute atomic E-state index is 14.4. The lowest BCUT2D eigenvalue weighted by Gasteiger charge is -2.37. The Labute approximate surface area is 125 Å². The summed E-state index contributed by atoms with van der Waals surface area (Å²) in [6.45, 7) is 2.74. The van der Waals surface area contributed by atoms with Crippen LogP contribution in [0, 0.1) is 11.2 Å². The third-order valence-electron chi connectivity index (χ3n) is 3.22. The zero-order valence-electron chi connectivity index (χ0n) is 11.1. The highest BCUT2D eigenvalue weighted by Crippen LogP contribution is 2.31. The molecule has 1 saturated heterocycles. The van der Waals surface area contributed by atoms with Crippen LogP contribution in [-0.2, 0) is 4.74 Å². The summed E-state index contributed by atoms with van der Waals surface area (Å²) in [5, 5.41) is 16.6. The maximum Gasteiger partial charge on any atom is 0.161 e. The van der Waals surface area contributed by atoms with E-state index in [1.807, 2.05) is 11.8 Å². The fourth-order valence-corrected chi connectivity index (χ4v) is 2.88. The Hall–Kier alpha value is -1.18. The zero-order chi connectivity index (χ0) is 14.9. The largest absolute Gasteiger partial charge is 0.394 e. The number of amidine groups is 1. The van der Waals surface area contributed by atoms with Crippen molar-refractivity contribution in [2.24, 2.45) is 5.73 Å². The third-order valence-corrected chi connectivity index (χ3v) is 4.00. The van der Waals surface area contributed by atoms with Crippen molar-refractivity contribution >= 4 is 27.5 Å². The molecule has 1 aliphatic rings. The van der Waals surface area contributed by atoms with Crippen LogP contribution >= 0.6 is 15.9 Å². The van der Waals surface area contributed by atoms with Gasteiger partial charge in [0.05, 0.1) is 29.0 Å². The standard InChI is InChI=1S/C13H17BrFN3O2/c1-7-4-18(5-8(6-19)20-7)10-3-2-9(13(16)17)11(14)12(10)15/h2-3,7-8,19H,4-6H2,1H3,(H3,16,17). The molecule has 7 heteroatoms. The molecule has 1 aromatic carbocycles. The molecule has 0 amide bonds. The Morgan fingerprint density at radius 2 is 2.30 bits per heavy atom. The number of hydrogen-bond acceptors (Lipinski definition) is 4. The quantitative estimate of drug-likeness (QED) is 0.572. The Bertz CT molecular complexity index is 527. The van der Waals surface area contributed by atoms with Gasteiger partial charge in [0.1, 0.15) is 5.84 Å². The van der Waals surface area contributed by atoms with Crippen LogP contribution in [0.4, 0.5) is 10.1 Å². The fourth-order valence-electron chi connectivity index (χ4n) is 2.33. The molecule has 0 aromatic heterocycles. The molecule has 2 rings (SSSR count). The summed E-state index contributed by atoms with van der Waals surface area (Å²) in [6.07, 6.45) is -0.420. The zero-order valence-corrected chi connectivity index (χ0v) is 12.7. The fraction of sp³-hybridized carbons (Fsp3) is 0.462. The summed E-state index contributed by atoms with van der Waals surface area (Å²) in [7, 11) is 0. The molecule has 0 aliphatic carbocycles. The highest BCUT2D eigenvalue weighted by Gasteiger charge is 2.27. The minimum atomic E-state index is -0.455. The van der Waals surface area contributed by atoms with Crippen LogP contribution in [0.2, 0.25) is 0 Å². The molecule has 0 saturated carbocycles. The van der Waals surface area contributed by atoms with Gasteiger partial charge >= 0.3 is 0 Å². The Kier molecular flexibility index (Phi) is 4.62. The number of anilines is 1. The van der Waals surface area contributed by atoms with E-state index in [4.69, 9.17) is 15.9 Å². The normalized spacial score (nSPS) is 22.9. The number of aliphatic hydroxyl groups is 1. The van der Waals surface area contributed by atoms with Crippen molar-refractivity contribution in [2.75, 3.05) is 24.6 Å². The summed E-state index contributed by atoms with van der Waals surface area (Å²) < 4.78 is 20.1. The number of nitrogens with two attached hydrogens (primary N) is 1. The van der Waals surface area contributed by atoms with E-state index in [0.717, 1.165) is 0 Å². The second-order valence-corrected chi connectivity index (χ2v) is 5.62. The minimum Gasteiger partial charge on any atom is -0.394 e. The smallest absolute Gasteiger partial charge is 0.161 e. The molecular formula is C13H17BrFN3O2. The predicted octanol–water partition coefficient (Wildman–Crippen LogP) is 1.46. The average molecular weight is 346 g/mol. The number of morpholine rings is 1. The number of hydrogen-bond donors (Lipinski definition) is 3. The van der Waals surface area contributed by atoms with Crippen LogP contribution in [0.1, 0.15) is 12.5 Å². The van der Waals surface area contributed by atoms with Crippen LogP contribution < -0.4 is 10.6 Å². The third kappa shape index (κ3) is 2.94. The molecule has 0 radical (unpaired) electrons. The number of halogens is 2. The minimum absolute atomic E-state index is 0.0911. The first-order valence-corrected chi connectivity index (χ1v) is 7.07. The van der Waals surface area contributed by atoms with Crippen LogP contribution in [0.25, 0.3) is 0 Å². The molecule has 1 aliphatic heterocycles. The highest BCUT2D eigenvalue weighted by atomic mass is 79.9. The molecule has 1 fully saturated rings. The van der Waals surface area contributed by atoms with Gasteiger partial charge in [-0.05, 0) is 35.0 Å². The highest BCUT2D eigenvalue weighted by molar-refractivity contribution is 9.10. The molecule has 2 atom stereocenters. The van der Waals surface area contributed by atoms with Gasteiger partial charge in [0.15, 0.2) is 5.82 Å². The first-order chi connectivity index (χ1) is 9.43. The number of nitrogens with zero attached hydrogens (tertiary/aromatic N) is 1. The van der Waals surface area contributed by atoms with Crippen molar-refractivity contribution in [3.63, 3.8) is 0 Å². The molecule has 2 unspecified atom stereocenters. The molecule has 1 aromatic rings. The van der Waals surface area contributed by atoms with Gasteiger partial charge in [-0.2, -0.15) is 0 Å². The van der Waals surface area contributed by atoms with Gasteiger partial charge in [0.25, 0.3) is 0 Å². The summed E-state index contributed by atoms with van der Waals surface area (Å²) in [5.74, 6) is -0.644. The summed E-state index contributed by atoms with van der Waals surface area (Å²) >= 11 is 3.14. The molecule has 5 nitrogen and oxygen atoms in total. The van der Waals surface area contributed by atoms with Gasteiger partial charge in [-0.3, -0.25) is 5.41 Å². The Morgan fingerprint density at radius 3 is 2.90 bits per heavy atom. The number of nitrogen functional groups attached to an aromatic ring is 1. The lowest BCUT2D eigenvalue weighted by Crippen LogP contribution is -2.48. The monoisotopic (exact) mass is 345 g/mol. The van der Waals surface area contributed by atoms with Crippen LogP contribution in [0.5, 0.6) is 0 Å². The number of rotatable bonds is 3. The lowest BCUT2D eigenvalue weighted by atomic mass is 10.1. The van der Waals surface area contributed by atoms with E-state index >= 15 is 0 Å². The van der Waals surface area contributed by atoms with Crippen molar-refractivity contribution in [1.29, 1.82) is 5.41 Å². The number of benzene rings is 1. The van der Waals surface area contributed by atoms with E-state index < -0.39 is 5.82 Å². The van der Waals surface area contributed by atoms with Crippen molar-refractivity contribution < 1.29 is 14.2 Å². The molecule has 1 heterocycles. The van der Waals surface area contributed by atoms with Crippen molar-refractivity contribution in [1.82, 2.24) is 0 Å². The van der Waals surface area contributed by atoms with Gasteiger partial charge < -0.3 is 20.5 Å². The number of aliphatic hydroxyl groups excluding tert-OH is 1. The van der Waals surface area contributed by atoms with Gasteiger partial charge in [0, 0.05) is 18.7 Å². The topological polar surface area (TPSA) is 82.6 Å². The van der Waals surface area contributed by atoms with Crippen molar-refractivity contribution in [3.8, 4) is 0 Å². The molecule has 110 valence electrons. The predicted molar refractivity (Wildman–Crippen MR) is 78.7 cm³/mol. The Morgan fingerprint density at radius 1 is 1.60 bits per heavy atom. The second kappa shape index (κ2) is 6.07. The molecule has 4 N–H and O–H groups in total. The van der Waals surface area contributed by atoms with E-state index in [2.05, 4.69) is 15.9 Å². The summed E-state index contributed by atoms with van der Waals surface area (Å²) in [5.41, 5.74) is 6.14. The molecule has 0 bridgehead atoms. The van der Waals surface area contributed by atoms with Crippen molar-refractivity contribution in [2.45, 2.75) is 19.1 Å². The van der Waals surface area contributed by atoms with Crippen LogP contribution in [-0.4, -0.2) is 42.8 Å². The van der Waals surface area contributed by atoms with Gasteiger partial charge in [-0.25, -0.2) is 4.39 Å². The second-order valence-electron chi connectivity index (χ2n) is 4.83. The van der Waals surface area contributed by atoms with E-state index in [1.165, 1.54) is 0 Å². The number of ether oxygens (including phenoxy) is 1. The first-order valence-electron chi connectivity index (χ1n) is 6.27. The van der Waals surface area contributed by atoms with Gasteiger partial charge in [-0.15, -0.1) is 0 Å². The van der Waals surface area contributed by atoms with E-state index in [9.17, 15) is 9.50 Å². The van der Waals surface area contributed by atoms with Crippen LogP contribution in [0.3, 0.4) is 0 Å². The summed E-state index contributed by atoms with van der Waals surface area (Å²) in [6, 6.07) is 3.21. The Balaban J connectivity index is 2.33. The van der Waals surface area contributed by atoms with Gasteiger partial charge in [0.2, 0.25) is 0 Å². The summed E-state index contributed by atoms with van der Waals surface area (Å²) in [4.78, 5) is 1.83. The van der Waals surface area contributed by atoms with E-state index in [1.54, 1.807) is 12.1 Å². The molecular weight excluding hydrogens is 329 g/mol. The lowest BCUT2D eigenvalue weighted by molar-refractivity contribution is -0.0422. The first kappa shape index (κ1) is 15.2. The van der Waals surface area contributed by atoms with E-state index in [-0.39, 0.29) is 29.1 Å². The van der Waals surface area contributed by atoms with Crippen molar-refractivity contribution in [3.05, 3.63) is 28.0 Å². The van der Waals surface area contributed by atoms with Crippen LogP contribution in [0.15, 0.2) is 16.6 Å². The number of nitrogens with one attached hydrogen (secondary N) is 1. The average Bonchev–Trinajstić information content (AvgIpc) is 2.40. The van der Waals surface area contributed by atoms with E-state index in [0.29, 0.717) is 24.3 Å². The SMILES string of the molecule is CC1CN(c2ccc(C(=N)N)c(Br)c2F)CC(CO)O1. The molecule has 20 heavy (non-hydrogen) atoms. The molecule has 0 spiro atoms. The van der Waals surface area contributed by atoms with Gasteiger partial charge in [-0.1, -0.05) is 0 Å². The maximum atomic E-state index is 14.4.